The molecule has 1 fully saturated rings. The van der Waals surface area contributed by atoms with Gasteiger partial charge in [0.15, 0.2) is 0 Å². The van der Waals surface area contributed by atoms with Gasteiger partial charge in [-0.2, -0.15) is 11.3 Å². The van der Waals surface area contributed by atoms with E-state index < -0.39 is 0 Å². The maximum absolute atomic E-state index is 3.74. The fourth-order valence-electron chi connectivity index (χ4n) is 2.93. The minimum Gasteiger partial charge on any atom is -0.311 e. The molecule has 19 heavy (non-hydrogen) atoms. The van der Waals surface area contributed by atoms with E-state index >= 15 is 0 Å². The first-order chi connectivity index (χ1) is 9.20. The second kappa shape index (κ2) is 7.41. The fraction of sp³-hybridized carbons (Fsp3) is 0.750. The predicted octanol–water partition coefficient (Wildman–Crippen LogP) is 3.39. The summed E-state index contributed by atoms with van der Waals surface area (Å²) >= 11 is 1.81. The number of thiophene rings is 1. The monoisotopic (exact) mass is 280 g/mol. The first-order valence-electron chi connectivity index (χ1n) is 7.69. The molecule has 108 valence electrons. The van der Waals surface area contributed by atoms with E-state index in [0.717, 1.165) is 12.0 Å². The van der Waals surface area contributed by atoms with Crippen LogP contribution in [0.3, 0.4) is 0 Å². The first kappa shape index (κ1) is 15.0. The smallest absolute Gasteiger partial charge is 0.0221 e. The van der Waals surface area contributed by atoms with Gasteiger partial charge in [-0.05, 0) is 41.1 Å². The first-order valence-corrected chi connectivity index (χ1v) is 8.63. The summed E-state index contributed by atoms with van der Waals surface area (Å²) < 4.78 is 0. The average molecular weight is 280 g/mol. The largest absolute Gasteiger partial charge is 0.311 e. The summed E-state index contributed by atoms with van der Waals surface area (Å²) in [5, 5.41) is 8.21. The zero-order valence-corrected chi connectivity index (χ0v) is 13.4. The van der Waals surface area contributed by atoms with Crippen LogP contribution in [0.1, 0.15) is 39.2 Å². The van der Waals surface area contributed by atoms with Crippen LogP contribution in [-0.2, 0) is 6.42 Å². The minimum atomic E-state index is 0.663. The third-order valence-corrected chi connectivity index (χ3v) is 4.99. The number of hydrogen-bond donors (Lipinski definition) is 1. The normalized spacial score (nSPS) is 25.1. The van der Waals surface area contributed by atoms with Crippen molar-refractivity contribution < 1.29 is 0 Å². The van der Waals surface area contributed by atoms with Crippen LogP contribution in [0.5, 0.6) is 0 Å². The summed E-state index contributed by atoms with van der Waals surface area (Å²) in [5.41, 5.74) is 1.50. The highest BCUT2D eigenvalue weighted by molar-refractivity contribution is 7.07. The molecule has 3 heteroatoms. The van der Waals surface area contributed by atoms with Crippen molar-refractivity contribution in [2.75, 3.05) is 19.6 Å². The number of rotatable bonds is 6. The van der Waals surface area contributed by atoms with Crippen LogP contribution >= 0.6 is 11.3 Å². The standard InChI is InChI=1S/C16H28N2S/c1-4-5-15-10-17-16(13(2)3)11-18(15)8-6-14-7-9-19-12-14/h7,9,12-13,15-17H,4-6,8,10-11H2,1-3H3. The molecular weight excluding hydrogens is 252 g/mol. The lowest BCUT2D eigenvalue weighted by Crippen LogP contribution is -2.58. The van der Waals surface area contributed by atoms with E-state index in [4.69, 9.17) is 0 Å². The van der Waals surface area contributed by atoms with Crippen LogP contribution in [0.25, 0.3) is 0 Å². The van der Waals surface area contributed by atoms with Gasteiger partial charge in [0.05, 0.1) is 0 Å². The van der Waals surface area contributed by atoms with Crippen molar-refractivity contribution in [2.24, 2.45) is 5.92 Å². The highest BCUT2D eigenvalue weighted by Gasteiger charge is 2.28. The van der Waals surface area contributed by atoms with E-state index in [9.17, 15) is 0 Å². The molecule has 0 aliphatic carbocycles. The van der Waals surface area contributed by atoms with E-state index in [0.29, 0.717) is 6.04 Å². The molecular formula is C16H28N2S. The highest BCUT2D eigenvalue weighted by Crippen LogP contribution is 2.17. The molecule has 0 bridgehead atoms. The Morgan fingerprint density at radius 3 is 2.95 bits per heavy atom. The molecule has 0 radical (unpaired) electrons. The summed E-state index contributed by atoms with van der Waals surface area (Å²) in [4.78, 5) is 2.72. The summed E-state index contributed by atoms with van der Waals surface area (Å²) in [6.07, 6.45) is 3.81. The summed E-state index contributed by atoms with van der Waals surface area (Å²) in [6, 6.07) is 3.66. The Morgan fingerprint density at radius 2 is 2.32 bits per heavy atom. The van der Waals surface area contributed by atoms with Crippen LogP contribution in [0.4, 0.5) is 0 Å². The quantitative estimate of drug-likeness (QED) is 0.859. The molecule has 0 spiro atoms. The van der Waals surface area contributed by atoms with Crippen LogP contribution in [0.15, 0.2) is 16.8 Å². The van der Waals surface area contributed by atoms with Gasteiger partial charge >= 0.3 is 0 Å². The molecule has 1 saturated heterocycles. The number of hydrogen-bond acceptors (Lipinski definition) is 3. The zero-order chi connectivity index (χ0) is 13.7. The molecule has 2 atom stereocenters. The number of piperazine rings is 1. The van der Waals surface area contributed by atoms with E-state index in [2.05, 4.69) is 47.8 Å². The lowest BCUT2D eigenvalue weighted by molar-refractivity contribution is 0.108. The Kier molecular flexibility index (Phi) is 5.86. The van der Waals surface area contributed by atoms with Gasteiger partial charge in [0.1, 0.15) is 0 Å². The van der Waals surface area contributed by atoms with Crippen LogP contribution in [-0.4, -0.2) is 36.6 Å². The molecule has 0 amide bonds. The second-order valence-electron chi connectivity index (χ2n) is 6.08. The van der Waals surface area contributed by atoms with Gasteiger partial charge < -0.3 is 5.32 Å². The highest BCUT2D eigenvalue weighted by atomic mass is 32.1. The van der Waals surface area contributed by atoms with Gasteiger partial charge in [-0.3, -0.25) is 4.90 Å². The molecule has 1 N–H and O–H groups in total. The number of nitrogens with zero attached hydrogens (tertiary/aromatic N) is 1. The van der Waals surface area contributed by atoms with Gasteiger partial charge in [0.25, 0.3) is 0 Å². The maximum atomic E-state index is 3.74. The molecule has 2 rings (SSSR count). The third kappa shape index (κ3) is 4.30. The SMILES string of the molecule is CCCC1CNC(C(C)C)CN1CCc1ccsc1. The van der Waals surface area contributed by atoms with Crippen molar-refractivity contribution >= 4 is 11.3 Å². The third-order valence-electron chi connectivity index (χ3n) is 4.26. The Labute approximate surface area is 122 Å². The molecule has 2 heterocycles. The Hall–Kier alpha value is -0.380. The maximum Gasteiger partial charge on any atom is 0.0221 e. The number of nitrogens with one attached hydrogen (secondary N) is 1. The molecule has 2 nitrogen and oxygen atoms in total. The van der Waals surface area contributed by atoms with Crippen molar-refractivity contribution in [3.05, 3.63) is 22.4 Å². The molecule has 1 aromatic heterocycles. The van der Waals surface area contributed by atoms with Crippen LogP contribution < -0.4 is 5.32 Å². The van der Waals surface area contributed by atoms with Crippen LogP contribution in [0, 0.1) is 5.92 Å². The Bertz CT molecular complexity index is 348. The minimum absolute atomic E-state index is 0.663. The van der Waals surface area contributed by atoms with Crippen molar-refractivity contribution in [3.8, 4) is 0 Å². The summed E-state index contributed by atoms with van der Waals surface area (Å²) in [6.45, 7) is 10.6. The van der Waals surface area contributed by atoms with Crippen molar-refractivity contribution in [2.45, 2.75) is 52.1 Å². The average Bonchev–Trinajstić information content (AvgIpc) is 2.90. The van der Waals surface area contributed by atoms with E-state index in [1.165, 1.54) is 44.5 Å². The van der Waals surface area contributed by atoms with E-state index in [1.807, 2.05) is 11.3 Å². The Balaban J connectivity index is 1.90. The molecule has 0 aromatic carbocycles. The fourth-order valence-corrected chi connectivity index (χ4v) is 3.63. The summed E-state index contributed by atoms with van der Waals surface area (Å²) in [5.74, 6) is 0.728. The van der Waals surface area contributed by atoms with Crippen molar-refractivity contribution in [1.82, 2.24) is 10.2 Å². The van der Waals surface area contributed by atoms with Gasteiger partial charge in [0, 0.05) is 31.7 Å². The Morgan fingerprint density at radius 1 is 1.47 bits per heavy atom. The molecule has 1 aliphatic rings. The zero-order valence-electron chi connectivity index (χ0n) is 12.6. The molecule has 2 unspecified atom stereocenters. The molecule has 0 saturated carbocycles. The second-order valence-corrected chi connectivity index (χ2v) is 6.86. The van der Waals surface area contributed by atoms with Crippen LogP contribution in [0.2, 0.25) is 0 Å². The van der Waals surface area contributed by atoms with Gasteiger partial charge in [-0.1, -0.05) is 27.2 Å². The van der Waals surface area contributed by atoms with E-state index in [1.54, 1.807) is 0 Å². The summed E-state index contributed by atoms with van der Waals surface area (Å²) in [7, 11) is 0. The molecule has 1 aliphatic heterocycles. The lowest BCUT2D eigenvalue weighted by Gasteiger charge is -2.42. The predicted molar refractivity (Wildman–Crippen MR) is 84.9 cm³/mol. The van der Waals surface area contributed by atoms with Gasteiger partial charge in [-0.15, -0.1) is 0 Å². The van der Waals surface area contributed by atoms with Gasteiger partial charge in [0.2, 0.25) is 0 Å². The van der Waals surface area contributed by atoms with Crippen molar-refractivity contribution in [1.29, 1.82) is 0 Å². The van der Waals surface area contributed by atoms with E-state index in [-0.39, 0.29) is 0 Å². The topological polar surface area (TPSA) is 15.3 Å². The molecule has 1 aromatic rings. The van der Waals surface area contributed by atoms with Crippen molar-refractivity contribution in [3.63, 3.8) is 0 Å². The van der Waals surface area contributed by atoms with Gasteiger partial charge in [-0.25, -0.2) is 0 Å². The lowest BCUT2D eigenvalue weighted by atomic mass is 9.97.